The zero-order chi connectivity index (χ0) is 22.9. The maximum absolute atomic E-state index is 12.1. The van der Waals surface area contributed by atoms with Gasteiger partial charge in [-0.1, -0.05) is 77.3 Å². The Bertz CT molecular complexity index is 857. The third-order valence-electron chi connectivity index (χ3n) is 5.26. The summed E-state index contributed by atoms with van der Waals surface area (Å²) < 4.78 is 1.86. The van der Waals surface area contributed by atoms with Gasteiger partial charge in [0.2, 0.25) is 5.91 Å². The van der Waals surface area contributed by atoms with Crippen LogP contribution in [0.25, 0.3) is 11.0 Å². The molecular formula is C24H37N3O3S. The lowest BCUT2D eigenvalue weighted by molar-refractivity contribution is -0.144. The van der Waals surface area contributed by atoms with E-state index >= 15 is 0 Å². The Morgan fingerprint density at radius 1 is 1.13 bits per heavy atom. The molecule has 0 fully saturated rings. The van der Waals surface area contributed by atoms with Crippen molar-refractivity contribution in [3.8, 4) is 0 Å². The Kier molecular flexibility index (Phi) is 9.88. The van der Waals surface area contributed by atoms with Gasteiger partial charge in [-0.15, -0.1) is 0 Å². The minimum atomic E-state index is -0.858. The first-order valence-corrected chi connectivity index (χ1v) is 12.3. The number of carboxylic acid groups (broad SMARTS) is 1. The molecule has 1 atom stereocenters. The summed E-state index contributed by atoms with van der Waals surface area (Å²) in [5, 5.41) is 13.7. The first kappa shape index (κ1) is 25.2. The van der Waals surface area contributed by atoms with Gasteiger partial charge in [0.1, 0.15) is 6.04 Å². The van der Waals surface area contributed by atoms with E-state index in [2.05, 4.69) is 12.2 Å². The molecule has 1 amide bonds. The van der Waals surface area contributed by atoms with Crippen molar-refractivity contribution in [2.45, 2.75) is 83.8 Å². The van der Waals surface area contributed by atoms with Crippen LogP contribution in [0.5, 0.6) is 0 Å². The van der Waals surface area contributed by atoms with Crippen molar-refractivity contribution in [3.63, 3.8) is 0 Å². The minimum absolute atomic E-state index is 0.118. The highest BCUT2D eigenvalue weighted by molar-refractivity contribution is 7.99. The molecule has 2 aromatic rings. The highest BCUT2D eigenvalue weighted by Crippen LogP contribution is 2.37. The fraction of sp³-hybridized carbons (Fsp3) is 0.625. The highest BCUT2D eigenvalue weighted by Gasteiger charge is 2.35. The Labute approximate surface area is 190 Å². The first-order chi connectivity index (χ1) is 14.8. The molecule has 0 aliphatic carbocycles. The Hall–Kier alpha value is -2.02. The first-order valence-electron chi connectivity index (χ1n) is 11.3. The van der Waals surface area contributed by atoms with Gasteiger partial charge < -0.3 is 15.0 Å². The number of aliphatic carboxylic acids is 1. The quantitative estimate of drug-likeness (QED) is 0.305. The maximum atomic E-state index is 12.1. The fourth-order valence-corrected chi connectivity index (χ4v) is 4.66. The molecule has 1 heterocycles. The monoisotopic (exact) mass is 447 g/mol. The van der Waals surface area contributed by atoms with Gasteiger partial charge in [-0.05, 0) is 30.4 Å². The van der Waals surface area contributed by atoms with Crippen molar-refractivity contribution in [2.75, 3.05) is 12.3 Å². The molecular weight excluding hydrogens is 410 g/mol. The van der Waals surface area contributed by atoms with Gasteiger partial charge in [0.05, 0.1) is 11.0 Å². The molecule has 1 aromatic carbocycles. The number of nitrogens with one attached hydrogen (secondary N) is 1. The van der Waals surface area contributed by atoms with Crippen molar-refractivity contribution >= 4 is 34.7 Å². The summed E-state index contributed by atoms with van der Waals surface area (Å²) >= 11 is 1.55. The Balaban J connectivity index is 1.94. The zero-order valence-electron chi connectivity index (χ0n) is 19.3. The summed E-state index contributed by atoms with van der Waals surface area (Å²) in [5.41, 5.74) is 1.18. The second kappa shape index (κ2) is 12.1. The summed E-state index contributed by atoms with van der Waals surface area (Å²) in [5.74, 6) is 0.0208. The number of thioether (sulfide) groups is 1. The van der Waals surface area contributed by atoms with Crippen LogP contribution in [0.2, 0.25) is 0 Å². The molecule has 2 rings (SSSR count). The van der Waals surface area contributed by atoms with Crippen molar-refractivity contribution in [2.24, 2.45) is 5.41 Å². The molecule has 31 heavy (non-hydrogen) atoms. The number of fused-ring (bicyclic) bond motifs is 1. The van der Waals surface area contributed by atoms with Crippen LogP contribution >= 0.6 is 11.8 Å². The largest absolute Gasteiger partial charge is 0.480 e. The molecule has 2 N–H and O–H groups in total. The van der Waals surface area contributed by atoms with Crippen LogP contribution in [-0.4, -0.2) is 38.8 Å². The second-order valence-corrected chi connectivity index (χ2v) is 10.1. The van der Waals surface area contributed by atoms with Crippen LogP contribution in [0.4, 0.5) is 0 Å². The van der Waals surface area contributed by atoms with E-state index < -0.39 is 17.4 Å². The number of amides is 1. The topological polar surface area (TPSA) is 84.2 Å². The summed E-state index contributed by atoms with van der Waals surface area (Å²) in [6.45, 7) is 8.62. The van der Waals surface area contributed by atoms with E-state index in [1.807, 2.05) is 49.6 Å². The van der Waals surface area contributed by atoms with Crippen molar-refractivity contribution in [1.29, 1.82) is 0 Å². The Morgan fingerprint density at radius 2 is 1.84 bits per heavy atom. The normalized spacial score (nSPS) is 12.8. The number of carbonyl (C=O) groups excluding carboxylic acids is 1. The standard InChI is InChI=1S/C24H37N3O3S/c1-5-6-7-8-9-15-20(28)25-16-12-17-31-23-26-18-13-10-11-14-19(18)27(23)21(22(29)30)24(2,3)4/h10-11,13-14,21H,5-9,12,15-17H2,1-4H3,(H,25,28)(H,29,30). The molecule has 0 radical (unpaired) electrons. The molecule has 0 saturated carbocycles. The van der Waals surface area contributed by atoms with Crippen molar-refractivity contribution < 1.29 is 14.7 Å². The van der Waals surface area contributed by atoms with Gasteiger partial charge in [0.25, 0.3) is 0 Å². The highest BCUT2D eigenvalue weighted by atomic mass is 32.2. The number of unbranched alkanes of at least 4 members (excludes halogenated alkanes) is 4. The molecule has 0 aliphatic heterocycles. The fourth-order valence-electron chi connectivity index (χ4n) is 3.68. The maximum Gasteiger partial charge on any atom is 0.327 e. The van der Waals surface area contributed by atoms with Crippen LogP contribution in [0.3, 0.4) is 0 Å². The van der Waals surface area contributed by atoms with E-state index in [1.54, 1.807) is 11.8 Å². The smallest absolute Gasteiger partial charge is 0.327 e. The summed E-state index contributed by atoms with van der Waals surface area (Å²) in [7, 11) is 0. The molecule has 6 nitrogen and oxygen atoms in total. The molecule has 0 spiro atoms. The number of rotatable bonds is 13. The third-order valence-corrected chi connectivity index (χ3v) is 6.30. The van der Waals surface area contributed by atoms with E-state index in [0.29, 0.717) is 18.1 Å². The van der Waals surface area contributed by atoms with E-state index in [0.717, 1.165) is 36.0 Å². The van der Waals surface area contributed by atoms with Crippen LogP contribution in [0, 0.1) is 5.41 Å². The van der Waals surface area contributed by atoms with Crippen LogP contribution in [0.1, 0.15) is 78.7 Å². The molecule has 0 bridgehead atoms. The van der Waals surface area contributed by atoms with Gasteiger partial charge in [-0.25, -0.2) is 9.78 Å². The number of hydrogen-bond acceptors (Lipinski definition) is 4. The number of carbonyl (C=O) groups is 2. The molecule has 1 aromatic heterocycles. The number of hydrogen-bond donors (Lipinski definition) is 2. The van der Waals surface area contributed by atoms with Crippen molar-refractivity contribution in [3.05, 3.63) is 24.3 Å². The Morgan fingerprint density at radius 3 is 2.52 bits per heavy atom. The lowest BCUT2D eigenvalue weighted by Crippen LogP contribution is -2.32. The number of carboxylic acids is 1. The molecule has 7 heteroatoms. The van der Waals surface area contributed by atoms with Gasteiger partial charge in [0.15, 0.2) is 5.16 Å². The second-order valence-electron chi connectivity index (χ2n) is 9.08. The summed E-state index contributed by atoms with van der Waals surface area (Å²) in [6.07, 6.45) is 7.12. The molecule has 0 saturated heterocycles. The van der Waals surface area contributed by atoms with Gasteiger partial charge in [-0.2, -0.15) is 0 Å². The lowest BCUT2D eigenvalue weighted by Gasteiger charge is -2.29. The van der Waals surface area contributed by atoms with Gasteiger partial charge in [-0.3, -0.25) is 4.79 Å². The number of benzene rings is 1. The van der Waals surface area contributed by atoms with E-state index in [4.69, 9.17) is 4.98 Å². The van der Waals surface area contributed by atoms with E-state index in [9.17, 15) is 14.7 Å². The van der Waals surface area contributed by atoms with Crippen LogP contribution in [0.15, 0.2) is 29.4 Å². The predicted molar refractivity (Wildman–Crippen MR) is 128 cm³/mol. The predicted octanol–water partition coefficient (Wildman–Crippen LogP) is 5.67. The molecule has 0 aliphatic rings. The van der Waals surface area contributed by atoms with Crippen LogP contribution < -0.4 is 5.32 Å². The van der Waals surface area contributed by atoms with E-state index in [1.165, 1.54) is 19.3 Å². The number of para-hydroxylation sites is 2. The average Bonchev–Trinajstić information content (AvgIpc) is 3.04. The number of imidazole rings is 1. The average molecular weight is 448 g/mol. The van der Waals surface area contributed by atoms with Crippen molar-refractivity contribution in [1.82, 2.24) is 14.9 Å². The van der Waals surface area contributed by atoms with E-state index in [-0.39, 0.29) is 5.91 Å². The number of nitrogens with zero attached hydrogens (tertiary/aromatic N) is 2. The van der Waals surface area contributed by atoms with Crippen LogP contribution in [-0.2, 0) is 9.59 Å². The zero-order valence-corrected chi connectivity index (χ0v) is 20.1. The SMILES string of the molecule is CCCCCCCC(=O)NCCCSc1nc2ccccc2n1C(C(=O)O)C(C)(C)C. The minimum Gasteiger partial charge on any atom is -0.480 e. The summed E-state index contributed by atoms with van der Waals surface area (Å²) in [6, 6.07) is 6.95. The lowest BCUT2D eigenvalue weighted by atomic mass is 9.86. The number of aromatic nitrogens is 2. The van der Waals surface area contributed by atoms with Gasteiger partial charge in [0, 0.05) is 18.7 Å². The molecule has 1 unspecified atom stereocenters. The molecule has 172 valence electrons. The third kappa shape index (κ3) is 7.56. The summed E-state index contributed by atoms with van der Waals surface area (Å²) in [4.78, 5) is 28.8. The van der Waals surface area contributed by atoms with Gasteiger partial charge >= 0.3 is 5.97 Å².